The molecule has 2 aromatic rings. The number of rotatable bonds is 12. The zero-order valence-corrected chi connectivity index (χ0v) is 23.6. The Morgan fingerprint density at radius 2 is 1.79 bits per heavy atom. The minimum atomic E-state index is -1.07. The van der Waals surface area contributed by atoms with E-state index in [0.717, 1.165) is 43.7 Å². The molecule has 1 aliphatic rings. The number of aliphatic carboxylic acids is 1. The molecule has 1 saturated heterocycles. The first-order valence-electron chi connectivity index (χ1n) is 13.9. The number of piperidine rings is 1. The fourth-order valence-corrected chi connectivity index (χ4v) is 5.35. The van der Waals surface area contributed by atoms with Gasteiger partial charge >= 0.3 is 5.97 Å². The van der Waals surface area contributed by atoms with Gasteiger partial charge in [-0.05, 0) is 72.4 Å². The number of carboxylic acid groups (broad SMARTS) is 1. The zero-order valence-electron chi connectivity index (χ0n) is 23.6. The molecular formula is C31H43N3O5. The summed E-state index contributed by atoms with van der Waals surface area (Å²) in [5.74, 6) is -0.941. The minimum absolute atomic E-state index is 0.00663. The van der Waals surface area contributed by atoms with Gasteiger partial charge < -0.3 is 25.7 Å². The van der Waals surface area contributed by atoms with Gasteiger partial charge in [0.25, 0.3) is 0 Å². The Balaban J connectivity index is 1.50. The summed E-state index contributed by atoms with van der Waals surface area (Å²) in [6, 6.07) is 14.4. The molecule has 0 radical (unpaired) electrons. The molecule has 0 aliphatic carbocycles. The number of nitrogens with one attached hydrogen (secondary N) is 2. The average molecular weight is 538 g/mol. The van der Waals surface area contributed by atoms with Crippen LogP contribution in [-0.2, 0) is 26.2 Å². The van der Waals surface area contributed by atoms with Gasteiger partial charge in [0.05, 0.1) is 0 Å². The van der Waals surface area contributed by atoms with E-state index in [1.807, 2.05) is 50.2 Å². The first kappa shape index (κ1) is 30.2. The van der Waals surface area contributed by atoms with Gasteiger partial charge in [-0.3, -0.25) is 9.59 Å². The van der Waals surface area contributed by atoms with E-state index in [1.165, 1.54) is 5.56 Å². The predicted molar refractivity (Wildman–Crippen MR) is 153 cm³/mol. The van der Waals surface area contributed by atoms with Gasteiger partial charge in [0.2, 0.25) is 11.8 Å². The lowest BCUT2D eigenvalue weighted by atomic mass is 9.68. The third-order valence-corrected chi connectivity index (χ3v) is 7.98. The maximum Gasteiger partial charge on any atom is 0.326 e. The molecule has 2 amide bonds. The van der Waals surface area contributed by atoms with Gasteiger partial charge in [-0.1, -0.05) is 58.0 Å². The van der Waals surface area contributed by atoms with E-state index in [9.17, 15) is 24.6 Å². The van der Waals surface area contributed by atoms with E-state index >= 15 is 0 Å². The summed E-state index contributed by atoms with van der Waals surface area (Å²) in [5, 5.41) is 24.7. The number of hydrogen-bond donors (Lipinski definition) is 4. The standard InChI is InChI=1S/C31H43N3O5/c1-21(2)18-27(30(38)39)33-29(37)13-12-28(36)32-26-11-6-5-8-23(26)14-16-34-17-15-31(4,22(3)20-34)24-9-7-10-25(35)19-24/h5-11,19,21-22,27,35H,12-18,20H2,1-4H3,(H,32,36)(H,33,37)(H,38,39). The highest BCUT2D eigenvalue weighted by Crippen LogP contribution is 2.40. The lowest BCUT2D eigenvalue weighted by molar-refractivity contribution is -0.142. The molecule has 0 bridgehead atoms. The topological polar surface area (TPSA) is 119 Å². The number of nitrogens with zero attached hydrogens (tertiary/aromatic N) is 1. The Morgan fingerprint density at radius 1 is 1.08 bits per heavy atom. The van der Waals surface area contributed by atoms with Gasteiger partial charge in [0.15, 0.2) is 0 Å². The van der Waals surface area contributed by atoms with Crippen LogP contribution in [-0.4, -0.2) is 58.6 Å². The molecule has 1 heterocycles. The molecule has 0 spiro atoms. The second kappa shape index (κ2) is 13.6. The maximum atomic E-state index is 12.6. The maximum absolute atomic E-state index is 12.6. The highest BCUT2D eigenvalue weighted by molar-refractivity contribution is 5.94. The number of amides is 2. The van der Waals surface area contributed by atoms with Gasteiger partial charge in [0, 0.05) is 31.6 Å². The molecule has 3 rings (SSSR count). The fourth-order valence-electron chi connectivity index (χ4n) is 5.35. The van der Waals surface area contributed by atoms with Crippen LogP contribution >= 0.6 is 0 Å². The number of carbonyl (C=O) groups is 3. The summed E-state index contributed by atoms with van der Waals surface area (Å²) < 4.78 is 0. The van der Waals surface area contributed by atoms with Crippen molar-refractivity contribution >= 4 is 23.5 Å². The largest absolute Gasteiger partial charge is 0.508 e. The lowest BCUT2D eigenvalue weighted by Crippen LogP contribution is -2.47. The summed E-state index contributed by atoms with van der Waals surface area (Å²) in [5.41, 5.74) is 2.95. The van der Waals surface area contributed by atoms with Crippen LogP contribution in [0.1, 0.15) is 64.5 Å². The average Bonchev–Trinajstić information content (AvgIpc) is 2.88. The van der Waals surface area contributed by atoms with Crippen molar-refractivity contribution in [2.45, 2.75) is 71.3 Å². The van der Waals surface area contributed by atoms with Crippen molar-refractivity contribution in [3.8, 4) is 5.75 Å². The van der Waals surface area contributed by atoms with Crippen molar-refractivity contribution in [1.29, 1.82) is 0 Å². The molecule has 1 fully saturated rings. The monoisotopic (exact) mass is 537 g/mol. The molecule has 4 N–H and O–H groups in total. The summed E-state index contributed by atoms with van der Waals surface area (Å²) in [7, 11) is 0. The van der Waals surface area contributed by atoms with Crippen LogP contribution in [0, 0.1) is 11.8 Å². The van der Waals surface area contributed by atoms with Gasteiger partial charge in [-0.15, -0.1) is 0 Å². The molecule has 212 valence electrons. The molecule has 2 aromatic carbocycles. The van der Waals surface area contributed by atoms with E-state index in [-0.39, 0.29) is 30.1 Å². The Bertz CT molecular complexity index is 1150. The van der Waals surface area contributed by atoms with Crippen LogP contribution in [0.3, 0.4) is 0 Å². The highest BCUT2D eigenvalue weighted by atomic mass is 16.4. The quantitative estimate of drug-likeness (QED) is 0.315. The van der Waals surface area contributed by atoms with Crippen molar-refractivity contribution < 1.29 is 24.6 Å². The number of carboxylic acids is 1. The van der Waals surface area contributed by atoms with Crippen LogP contribution in [0.4, 0.5) is 5.69 Å². The molecule has 8 heteroatoms. The molecule has 3 unspecified atom stereocenters. The Morgan fingerprint density at radius 3 is 2.46 bits per heavy atom. The normalized spacial score (nSPS) is 20.4. The highest BCUT2D eigenvalue weighted by Gasteiger charge is 2.38. The molecule has 3 atom stereocenters. The Labute approximate surface area is 231 Å². The number of aromatic hydroxyl groups is 1. The van der Waals surface area contributed by atoms with E-state index in [1.54, 1.807) is 6.07 Å². The Kier molecular flexibility index (Phi) is 10.5. The number of carbonyl (C=O) groups excluding carboxylic acids is 2. The second-order valence-corrected chi connectivity index (χ2v) is 11.5. The first-order chi connectivity index (χ1) is 18.5. The van der Waals surface area contributed by atoms with Crippen LogP contribution in [0.2, 0.25) is 0 Å². The summed E-state index contributed by atoms with van der Waals surface area (Å²) in [6.45, 7) is 11.1. The van der Waals surface area contributed by atoms with Crippen molar-refractivity contribution in [2.75, 3.05) is 25.0 Å². The zero-order chi connectivity index (χ0) is 28.6. The van der Waals surface area contributed by atoms with Gasteiger partial charge in [0.1, 0.15) is 11.8 Å². The van der Waals surface area contributed by atoms with E-state index in [4.69, 9.17) is 0 Å². The van der Waals surface area contributed by atoms with Crippen molar-refractivity contribution in [2.24, 2.45) is 11.8 Å². The Hall–Kier alpha value is -3.39. The van der Waals surface area contributed by atoms with Gasteiger partial charge in [-0.25, -0.2) is 4.79 Å². The number of phenols is 1. The number of para-hydroxylation sites is 1. The van der Waals surface area contributed by atoms with Crippen LogP contribution < -0.4 is 10.6 Å². The molecule has 8 nitrogen and oxygen atoms in total. The second-order valence-electron chi connectivity index (χ2n) is 11.5. The fraction of sp³-hybridized carbons (Fsp3) is 0.516. The van der Waals surface area contributed by atoms with Crippen molar-refractivity contribution in [3.05, 3.63) is 59.7 Å². The predicted octanol–water partition coefficient (Wildman–Crippen LogP) is 4.57. The third-order valence-electron chi connectivity index (χ3n) is 7.98. The lowest BCUT2D eigenvalue weighted by Gasteiger charge is -2.45. The van der Waals surface area contributed by atoms with Crippen LogP contribution in [0.25, 0.3) is 0 Å². The third kappa shape index (κ3) is 8.55. The SMILES string of the molecule is CC(C)CC(NC(=O)CCC(=O)Nc1ccccc1CCN1CCC(C)(c2cccc(O)c2)C(C)C1)C(=O)O. The van der Waals surface area contributed by atoms with Crippen LogP contribution in [0.15, 0.2) is 48.5 Å². The first-order valence-corrected chi connectivity index (χ1v) is 13.9. The molecule has 0 aromatic heterocycles. The molecule has 0 saturated carbocycles. The smallest absolute Gasteiger partial charge is 0.326 e. The van der Waals surface area contributed by atoms with E-state index in [0.29, 0.717) is 18.1 Å². The van der Waals surface area contributed by atoms with E-state index < -0.39 is 17.9 Å². The molecule has 1 aliphatic heterocycles. The summed E-state index contributed by atoms with van der Waals surface area (Å²) >= 11 is 0. The number of phenolic OH excluding ortho intramolecular Hbond substituents is 1. The number of hydrogen-bond acceptors (Lipinski definition) is 5. The van der Waals surface area contributed by atoms with Crippen molar-refractivity contribution in [1.82, 2.24) is 10.2 Å². The summed E-state index contributed by atoms with van der Waals surface area (Å²) in [6.07, 6.45) is 2.02. The number of benzene rings is 2. The van der Waals surface area contributed by atoms with E-state index in [2.05, 4.69) is 35.4 Å². The number of anilines is 1. The molecule has 39 heavy (non-hydrogen) atoms. The summed E-state index contributed by atoms with van der Waals surface area (Å²) in [4.78, 5) is 38.7. The van der Waals surface area contributed by atoms with Gasteiger partial charge in [-0.2, -0.15) is 0 Å². The molecular weight excluding hydrogens is 494 g/mol. The minimum Gasteiger partial charge on any atom is -0.508 e. The van der Waals surface area contributed by atoms with Crippen molar-refractivity contribution in [3.63, 3.8) is 0 Å². The van der Waals surface area contributed by atoms with Crippen LogP contribution in [0.5, 0.6) is 5.75 Å². The number of likely N-dealkylation sites (tertiary alicyclic amines) is 1.